The van der Waals surface area contributed by atoms with Gasteiger partial charge < -0.3 is 0 Å². The van der Waals surface area contributed by atoms with Crippen LogP contribution in [0, 0.1) is 10.1 Å². The minimum atomic E-state index is -2.89. The number of non-ortho nitro benzene ring substituents is 1. The zero-order valence-corrected chi connectivity index (χ0v) is 9.99. The molecule has 0 aliphatic heterocycles. The van der Waals surface area contributed by atoms with Crippen molar-refractivity contribution < 1.29 is 18.5 Å². The number of nitro benzene ring substituents is 1. The average Bonchev–Trinajstić information content (AvgIpc) is 2.46. The summed E-state index contributed by atoms with van der Waals surface area (Å²) >= 11 is 0. The van der Waals surface area contributed by atoms with E-state index in [0.717, 1.165) is 18.2 Å². The summed E-state index contributed by atoms with van der Waals surface area (Å²) in [5, 5.41) is 10.7. The number of halogens is 2. The van der Waals surface area contributed by atoms with E-state index < -0.39 is 28.4 Å². The zero-order valence-electron chi connectivity index (χ0n) is 9.99. The van der Waals surface area contributed by atoms with Gasteiger partial charge in [0.15, 0.2) is 5.78 Å². The van der Waals surface area contributed by atoms with E-state index in [9.17, 15) is 23.7 Å². The number of nitrogens with zero attached hydrogens (tertiary/aromatic N) is 2. The standard InChI is InChI=1S/C13H8F2N2O3/c14-13(15)10-5-9(6-11(7-10)17(19)20)12(18)8-1-3-16-4-2-8/h1-7,13H. The van der Waals surface area contributed by atoms with Crippen molar-refractivity contribution in [2.45, 2.75) is 6.43 Å². The lowest BCUT2D eigenvalue weighted by Crippen LogP contribution is -2.04. The van der Waals surface area contributed by atoms with E-state index in [1.165, 1.54) is 24.5 Å². The van der Waals surface area contributed by atoms with Gasteiger partial charge in [0, 0.05) is 41.2 Å². The van der Waals surface area contributed by atoms with Gasteiger partial charge in [0.05, 0.1) is 4.92 Å². The number of benzene rings is 1. The maximum Gasteiger partial charge on any atom is 0.270 e. The molecule has 0 saturated carbocycles. The molecule has 20 heavy (non-hydrogen) atoms. The largest absolute Gasteiger partial charge is 0.289 e. The lowest BCUT2D eigenvalue weighted by atomic mass is 10.0. The Morgan fingerprint density at radius 2 is 1.80 bits per heavy atom. The molecule has 0 atom stereocenters. The molecule has 5 nitrogen and oxygen atoms in total. The van der Waals surface area contributed by atoms with Crippen LogP contribution in [0.25, 0.3) is 0 Å². The van der Waals surface area contributed by atoms with Gasteiger partial charge in [0.1, 0.15) is 0 Å². The average molecular weight is 278 g/mol. The fraction of sp³-hybridized carbons (Fsp3) is 0.0769. The minimum absolute atomic E-state index is 0.152. The minimum Gasteiger partial charge on any atom is -0.289 e. The fourth-order valence-corrected chi connectivity index (χ4v) is 1.67. The molecule has 0 saturated heterocycles. The topological polar surface area (TPSA) is 73.1 Å². The van der Waals surface area contributed by atoms with Crippen LogP contribution in [0.3, 0.4) is 0 Å². The highest BCUT2D eigenvalue weighted by Gasteiger charge is 2.19. The van der Waals surface area contributed by atoms with Gasteiger partial charge in [-0.15, -0.1) is 0 Å². The van der Waals surface area contributed by atoms with Crippen molar-refractivity contribution >= 4 is 11.5 Å². The number of pyridine rings is 1. The van der Waals surface area contributed by atoms with E-state index in [-0.39, 0.29) is 11.1 Å². The fourth-order valence-electron chi connectivity index (χ4n) is 1.67. The molecule has 1 aromatic carbocycles. The normalized spacial score (nSPS) is 10.6. The molecule has 0 bridgehead atoms. The predicted octanol–water partition coefficient (Wildman–Crippen LogP) is 3.16. The molecular formula is C13H8F2N2O3. The molecule has 0 amide bonds. The van der Waals surface area contributed by atoms with Crippen molar-refractivity contribution in [2.24, 2.45) is 0 Å². The summed E-state index contributed by atoms with van der Waals surface area (Å²) in [5.41, 5.74) is -1.03. The van der Waals surface area contributed by atoms with Crippen LogP contribution in [0.1, 0.15) is 27.9 Å². The molecule has 0 spiro atoms. The summed E-state index contributed by atoms with van der Waals surface area (Å²) in [6.45, 7) is 0. The Hall–Kier alpha value is -2.70. The second kappa shape index (κ2) is 5.52. The third-order valence-corrected chi connectivity index (χ3v) is 2.61. The number of ketones is 1. The van der Waals surface area contributed by atoms with Crippen LogP contribution in [0.2, 0.25) is 0 Å². The Kier molecular flexibility index (Phi) is 3.79. The smallest absolute Gasteiger partial charge is 0.270 e. The van der Waals surface area contributed by atoms with Crippen molar-refractivity contribution in [3.05, 3.63) is 69.5 Å². The summed E-state index contributed by atoms with van der Waals surface area (Å²) < 4.78 is 25.4. The van der Waals surface area contributed by atoms with E-state index >= 15 is 0 Å². The van der Waals surface area contributed by atoms with Crippen LogP contribution >= 0.6 is 0 Å². The van der Waals surface area contributed by atoms with Gasteiger partial charge in [-0.3, -0.25) is 19.9 Å². The van der Waals surface area contributed by atoms with Crippen LogP contribution in [0.5, 0.6) is 0 Å². The molecule has 1 heterocycles. The molecule has 1 aromatic heterocycles. The number of carbonyl (C=O) groups is 1. The highest BCUT2D eigenvalue weighted by Crippen LogP contribution is 2.26. The van der Waals surface area contributed by atoms with Gasteiger partial charge in [-0.1, -0.05) is 0 Å². The molecule has 0 fully saturated rings. The van der Waals surface area contributed by atoms with Crippen LogP contribution in [-0.2, 0) is 0 Å². The van der Waals surface area contributed by atoms with E-state index in [1.807, 2.05) is 0 Å². The number of aromatic nitrogens is 1. The molecule has 0 aliphatic carbocycles. The highest BCUT2D eigenvalue weighted by atomic mass is 19.3. The van der Waals surface area contributed by atoms with Crippen LogP contribution in [0.4, 0.5) is 14.5 Å². The number of alkyl halides is 2. The maximum atomic E-state index is 12.7. The molecule has 102 valence electrons. The molecule has 0 aliphatic rings. The predicted molar refractivity (Wildman–Crippen MR) is 65.7 cm³/mol. The summed E-state index contributed by atoms with van der Waals surface area (Å²) in [4.78, 5) is 25.7. The zero-order chi connectivity index (χ0) is 14.7. The first-order valence-electron chi connectivity index (χ1n) is 5.51. The molecule has 0 unspecified atom stereocenters. The number of hydrogen-bond acceptors (Lipinski definition) is 4. The third-order valence-electron chi connectivity index (χ3n) is 2.61. The lowest BCUT2D eigenvalue weighted by Gasteiger charge is -2.05. The Balaban J connectivity index is 2.51. The second-order valence-electron chi connectivity index (χ2n) is 3.94. The van der Waals surface area contributed by atoms with Gasteiger partial charge in [-0.05, 0) is 18.2 Å². The molecule has 2 rings (SSSR count). The van der Waals surface area contributed by atoms with Gasteiger partial charge in [0.2, 0.25) is 0 Å². The van der Waals surface area contributed by atoms with Crippen molar-refractivity contribution in [3.63, 3.8) is 0 Å². The quantitative estimate of drug-likeness (QED) is 0.489. The first-order chi connectivity index (χ1) is 9.49. The van der Waals surface area contributed by atoms with Crippen molar-refractivity contribution in [1.82, 2.24) is 4.98 Å². The summed E-state index contributed by atoms with van der Waals surface area (Å²) in [7, 11) is 0. The van der Waals surface area contributed by atoms with E-state index in [2.05, 4.69) is 4.98 Å². The molecule has 0 N–H and O–H groups in total. The number of hydrogen-bond donors (Lipinski definition) is 0. The molecule has 7 heteroatoms. The lowest BCUT2D eigenvalue weighted by molar-refractivity contribution is -0.385. The highest BCUT2D eigenvalue weighted by molar-refractivity contribution is 6.09. The van der Waals surface area contributed by atoms with Gasteiger partial charge in [0.25, 0.3) is 12.1 Å². The van der Waals surface area contributed by atoms with Crippen LogP contribution in [-0.4, -0.2) is 15.7 Å². The Morgan fingerprint density at radius 1 is 1.15 bits per heavy atom. The molecule has 2 aromatic rings. The molecule has 0 radical (unpaired) electrons. The summed E-state index contributed by atoms with van der Waals surface area (Å²) in [5.74, 6) is -0.571. The Morgan fingerprint density at radius 3 is 2.35 bits per heavy atom. The van der Waals surface area contributed by atoms with E-state index in [4.69, 9.17) is 0 Å². The van der Waals surface area contributed by atoms with Crippen molar-refractivity contribution in [3.8, 4) is 0 Å². The van der Waals surface area contributed by atoms with Gasteiger partial charge >= 0.3 is 0 Å². The van der Waals surface area contributed by atoms with Crippen LogP contribution in [0.15, 0.2) is 42.7 Å². The third kappa shape index (κ3) is 2.82. The van der Waals surface area contributed by atoms with Crippen LogP contribution < -0.4 is 0 Å². The maximum absolute atomic E-state index is 12.7. The Labute approximate surface area is 112 Å². The monoisotopic (exact) mass is 278 g/mol. The Bertz CT molecular complexity index is 660. The second-order valence-corrected chi connectivity index (χ2v) is 3.94. The first kappa shape index (κ1) is 13.7. The SMILES string of the molecule is O=C(c1ccncc1)c1cc(C(F)F)cc([N+](=O)[O-])c1. The van der Waals surface area contributed by atoms with Crippen molar-refractivity contribution in [1.29, 1.82) is 0 Å². The number of nitro groups is 1. The molecular weight excluding hydrogens is 270 g/mol. The summed E-state index contributed by atoms with van der Waals surface area (Å²) in [6.07, 6.45) is -0.143. The van der Waals surface area contributed by atoms with Gasteiger partial charge in [-0.25, -0.2) is 8.78 Å². The van der Waals surface area contributed by atoms with Gasteiger partial charge in [-0.2, -0.15) is 0 Å². The van der Waals surface area contributed by atoms with E-state index in [0.29, 0.717) is 0 Å². The van der Waals surface area contributed by atoms with E-state index in [1.54, 1.807) is 0 Å². The summed E-state index contributed by atoms with van der Waals surface area (Å²) in [6, 6.07) is 5.51. The number of rotatable bonds is 4. The van der Waals surface area contributed by atoms with Crippen molar-refractivity contribution in [2.75, 3.05) is 0 Å². The number of carbonyl (C=O) groups excluding carboxylic acids is 1. The first-order valence-corrected chi connectivity index (χ1v) is 5.51.